The topological polar surface area (TPSA) is 29.3 Å². The highest BCUT2D eigenvalue weighted by Crippen LogP contribution is 2.53. The van der Waals surface area contributed by atoms with Gasteiger partial charge in [-0.1, -0.05) is 30.3 Å². The lowest BCUT2D eigenvalue weighted by Gasteiger charge is -2.16. The summed E-state index contributed by atoms with van der Waals surface area (Å²) in [5.41, 5.74) is 3.36. The maximum Gasteiger partial charge on any atom is 0.414 e. The SMILES string of the molecule is CC(=C1N2C(=O)OCC[C@@]12C)c1ccccc1. The van der Waals surface area contributed by atoms with E-state index in [1.165, 1.54) is 11.1 Å². The van der Waals surface area contributed by atoms with Crippen LogP contribution in [0.5, 0.6) is 0 Å². The van der Waals surface area contributed by atoms with Gasteiger partial charge in [0.2, 0.25) is 0 Å². The molecule has 0 saturated carbocycles. The minimum Gasteiger partial charge on any atom is -0.449 e. The van der Waals surface area contributed by atoms with Gasteiger partial charge in [0.25, 0.3) is 0 Å². The summed E-state index contributed by atoms with van der Waals surface area (Å²) in [6, 6.07) is 10.2. The van der Waals surface area contributed by atoms with Gasteiger partial charge >= 0.3 is 6.09 Å². The number of cyclic esters (lactones) is 1. The Morgan fingerprint density at radius 1 is 1.35 bits per heavy atom. The van der Waals surface area contributed by atoms with Gasteiger partial charge in [0, 0.05) is 6.42 Å². The zero-order valence-corrected chi connectivity index (χ0v) is 10.1. The number of fused-ring (bicyclic) bond motifs is 1. The molecule has 0 N–H and O–H groups in total. The summed E-state index contributed by atoms with van der Waals surface area (Å²) in [7, 11) is 0. The van der Waals surface area contributed by atoms with Crippen LogP contribution in [0.3, 0.4) is 0 Å². The fourth-order valence-corrected chi connectivity index (χ4v) is 2.69. The summed E-state index contributed by atoms with van der Waals surface area (Å²) in [5, 5.41) is 0. The van der Waals surface area contributed by atoms with Gasteiger partial charge in [0.1, 0.15) is 0 Å². The van der Waals surface area contributed by atoms with E-state index in [-0.39, 0.29) is 11.6 Å². The van der Waals surface area contributed by atoms with Crippen molar-refractivity contribution < 1.29 is 9.53 Å². The summed E-state index contributed by atoms with van der Waals surface area (Å²) in [4.78, 5) is 13.4. The lowest BCUT2D eigenvalue weighted by Crippen LogP contribution is -2.29. The molecular formula is C14H15NO2. The third-order valence-electron chi connectivity index (χ3n) is 3.74. The maximum absolute atomic E-state index is 11.7. The molecule has 3 heteroatoms. The smallest absolute Gasteiger partial charge is 0.414 e. The van der Waals surface area contributed by atoms with Gasteiger partial charge in [-0.05, 0) is 25.0 Å². The average Bonchev–Trinajstić information content (AvgIpc) is 2.97. The molecule has 1 amide bonds. The third-order valence-corrected chi connectivity index (χ3v) is 3.74. The first kappa shape index (κ1) is 10.4. The largest absolute Gasteiger partial charge is 0.449 e. The number of benzene rings is 1. The number of allylic oxidation sites excluding steroid dienone is 1. The molecule has 0 aliphatic carbocycles. The zero-order valence-electron chi connectivity index (χ0n) is 10.1. The number of hydrogen-bond donors (Lipinski definition) is 0. The Morgan fingerprint density at radius 3 is 2.71 bits per heavy atom. The van der Waals surface area contributed by atoms with E-state index >= 15 is 0 Å². The number of hydrogen-bond acceptors (Lipinski definition) is 2. The van der Waals surface area contributed by atoms with Crippen LogP contribution in [0.1, 0.15) is 25.8 Å². The van der Waals surface area contributed by atoms with E-state index in [9.17, 15) is 4.79 Å². The van der Waals surface area contributed by atoms with E-state index in [0.717, 1.165) is 12.1 Å². The number of carbonyl (C=O) groups is 1. The summed E-state index contributed by atoms with van der Waals surface area (Å²) >= 11 is 0. The highest BCUT2D eigenvalue weighted by molar-refractivity contribution is 5.86. The van der Waals surface area contributed by atoms with E-state index in [0.29, 0.717) is 6.61 Å². The number of amides is 1. The molecule has 2 heterocycles. The number of carbonyl (C=O) groups excluding carboxylic acids is 1. The molecule has 2 aliphatic heterocycles. The molecule has 0 unspecified atom stereocenters. The molecule has 17 heavy (non-hydrogen) atoms. The average molecular weight is 229 g/mol. The number of ether oxygens (including phenoxy) is 1. The van der Waals surface area contributed by atoms with Crippen molar-refractivity contribution in [2.45, 2.75) is 25.8 Å². The fraction of sp³-hybridized carbons (Fsp3) is 0.357. The van der Waals surface area contributed by atoms with Crippen molar-refractivity contribution >= 4 is 11.7 Å². The number of rotatable bonds is 1. The van der Waals surface area contributed by atoms with Crippen LogP contribution in [0.2, 0.25) is 0 Å². The Hall–Kier alpha value is -1.77. The Labute approximate surface area is 101 Å². The molecule has 1 atom stereocenters. The monoisotopic (exact) mass is 229 g/mol. The third kappa shape index (κ3) is 1.38. The van der Waals surface area contributed by atoms with E-state index in [2.05, 4.69) is 26.0 Å². The second-order valence-corrected chi connectivity index (χ2v) is 4.81. The van der Waals surface area contributed by atoms with Gasteiger partial charge in [0.05, 0.1) is 17.8 Å². The number of nitrogens with zero attached hydrogens (tertiary/aromatic N) is 1. The van der Waals surface area contributed by atoms with Gasteiger partial charge in [-0.15, -0.1) is 0 Å². The molecule has 1 aromatic carbocycles. The Kier molecular flexibility index (Phi) is 2.05. The summed E-state index contributed by atoms with van der Waals surface area (Å²) in [5.74, 6) is 0. The van der Waals surface area contributed by atoms with Crippen molar-refractivity contribution in [2.75, 3.05) is 6.61 Å². The molecule has 2 saturated heterocycles. The molecule has 0 radical (unpaired) electrons. The molecule has 88 valence electrons. The molecule has 2 fully saturated rings. The van der Waals surface area contributed by atoms with E-state index in [4.69, 9.17) is 4.74 Å². The van der Waals surface area contributed by atoms with Gasteiger partial charge in [0.15, 0.2) is 0 Å². The van der Waals surface area contributed by atoms with E-state index < -0.39 is 0 Å². The molecule has 3 nitrogen and oxygen atoms in total. The van der Waals surface area contributed by atoms with Gasteiger partial charge < -0.3 is 4.74 Å². The van der Waals surface area contributed by atoms with Crippen LogP contribution in [-0.2, 0) is 4.74 Å². The highest BCUT2D eigenvalue weighted by Gasteiger charge is 2.61. The van der Waals surface area contributed by atoms with Crippen molar-refractivity contribution in [1.29, 1.82) is 0 Å². The molecule has 3 rings (SSSR count). The van der Waals surface area contributed by atoms with Crippen LogP contribution in [0.4, 0.5) is 4.79 Å². The lowest BCUT2D eigenvalue weighted by molar-refractivity contribution is 0.0975. The fourth-order valence-electron chi connectivity index (χ4n) is 2.69. The minimum absolute atomic E-state index is 0.102. The van der Waals surface area contributed by atoms with Crippen LogP contribution in [0.15, 0.2) is 36.0 Å². The van der Waals surface area contributed by atoms with Crippen molar-refractivity contribution in [3.8, 4) is 0 Å². The van der Waals surface area contributed by atoms with Crippen molar-refractivity contribution in [3.05, 3.63) is 41.6 Å². The zero-order chi connectivity index (χ0) is 12.0. The molecule has 2 aliphatic rings. The molecule has 0 bridgehead atoms. The van der Waals surface area contributed by atoms with Gasteiger partial charge in [-0.3, -0.25) is 4.90 Å². The maximum atomic E-state index is 11.7. The van der Waals surface area contributed by atoms with Gasteiger partial charge in [-0.2, -0.15) is 0 Å². The standard InChI is InChI=1S/C14H15NO2/c1-10(11-6-4-3-5-7-11)12-14(2)8-9-17-13(16)15(12)14/h3-7H,8-9H2,1-2H3/t14-,15?/m0/s1. The Balaban J connectivity index is 2.03. The summed E-state index contributed by atoms with van der Waals surface area (Å²) in [6.45, 7) is 4.70. The van der Waals surface area contributed by atoms with Crippen molar-refractivity contribution in [3.63, 3.8) is 0 Å². The highest BCUT2D eigenvalue weighted by atomic mass is 16.6. The summed E-state index contributed by atoms with van der Waals surface area (Å²) < 4.78 is 5.07. The van der Waals surface area contributed by atoms with Gasteiger partial charge in [-0.25, -0.2) is 4.79 Å². The second kappa shape index (κ2) is 3.36. The molecule has 1 aromatic rings. The predicted octanol–water partition coefficient (Wildman–Crippen LogP) is 3.03. The molecular weight excluding hydrogens is 214 g/mol. The van der Waals surface area contributed by atoms with Crippen molar-refractivity contribution in [1.82, 2.24) is 4.90 Å². The summed E-state index contributed by atoms with van der Waals surface area (Å²) in [6.07, 6.45) is 0.683. The first-order valence-corrected chi connectivity index (χ1v) is 5.88. The van der Waals surface area contributed by atoms with Crippen LogP contribution in [-0.4, -0.2) is 23.1 Å². The Morgan fingerprint density at radius 2 is 2.06 bits per heavy atom. The normalized spacial score (nSPS) is 29.5. The first-order valence-electron chi connectivity index (χ1n) is 5.88. The van der Waals surface area contributed by atoms with Crippen LogP contribution >= 0.6 is 0 Å². The lowest BCUT2D eigenvalue weighted by atomic mass is 10.00. The second-order valence-electron chi connectivity index (χ2n) is 4.81. The van der Waals surface area contributed by atoms with Crippen LogP contribution in [0.25, 0.3) is 5.57 Å². The Bertz CT molecular complexity index is 506. The molecule has 0 aromatic heterocycles. The minimum atomic E-state index is -0.205. The quantitative estimate of drug-likeness (QED) is 0.693. The van der Waals surface area contributed by atoms with Crippen LogP contribution < -0.4 is 0 Å². The van der Waals surface area contributed by atoms with E-state index in [1.54, 1.807) is 4.90 Å². The predicted molar refractivity (Wildman–Crippen MR) is 65.2 cm³/mol. The van der Waals surface area contributed by atoms with E-state index in [1.807, 2.05) is 18.2 Å². The van der Waals surface area contributed by atoms with Crippen molar-refractivity contribution in [2.24, 2.45) is 0 Å². The first-order chi connectivity index (χ1) is 8.14. The van der Waals surface area contributed by atoms with Crippen LogP contribution in [0, 0.1) is 0 Å². The molecule has 0 spiro atoms.